The number of halogens is 3. The Hall–Kier alpha value is -2.25. The molecule has 0 saturated heterocycles. The SMILES string of the molecule is COC=CC(=O)OCOc1cccc(C(F)(F)F)n1. The summed E-state index contributed by atoms with van der Waals surface area (Å²) >= 11 is 0. The molecule has 8 heteroatoms. The van der Waals surface area contributed by atoms with Crippen LogP contribution in [0.25, 0.3) is 0 Å². The molecule has 0 radical (unpaired) electrons. The first-order chi connectivity index (χ1) is 8.93. The van der Waals surface area contributed by atoms with Gasteiger partial charge >= 0.3 is 12.1 Å². The Morgan fingerprint density at radius 1 is 1.42 bits per heavy atom. The summed E-state index contributed by atoms with van der Waals surface area (Å²) in [6.07, 6.45) is -2.48. The zero-order chi connectivity index (χ0) is 14.3. The van der Waals surface area contributed by atoms with Crippen LogP contribution in [0, 0.1) is 0 Å². The molecule has 1 heterocycles. The Kier molecular flexibility index (Phi) is 5.16. The summed E-state index contributed by atoms with van der Waals surface area (Å²) in [6, 6.07) is 3.16. The van der Waals surface area contributed by atoms with Crippen LogP contribution in [-0.2, 0) is 20.4 Å². The maximum atomic E-state index is 12.3. The minimum absolute atomic E-state index is 0.293. The highest BCUT2D eigenvalue weighted by Crippen LogP contribution is 2.28. The summed E-state index contributed by atoms with van der Waals surface area (Å²) in [5, 5.41) is 0. The van der Waals surface area contributed by atoms with E-state index in [9.17, 15) is 18.0 Å². The summed E-state index contributed by atoms with van der Waals surface area (Å²) in [6.45, 7) is -0.554. The largest absolute Gasteiger partial charge is 0.504 e. The predicted octanol–water partition coefficient (Wildman–Crippen LogP) is 2.14. The monoisotopic (exact) mass is 277 g/mol. The van der Waals surface area contributed by atoms with Gasteiger partial charge in [-0.2, -0.15) is 13.2 Å². The second kappa shape index (κ2) is 6.62. The molecule has 0 N–H and O–H groups in total. The lowest BCUT2D eigenvalue weighted by Crippen LogP contribution is -2.11. The zero-order valence-corrected chi connectivity index (χ0v) is 9.81. The summed E-state index contributed by atoms with van der Waals surface area (Å²) in [4.78, 5) is 14.2. The van der Waals surface area contributed by atoms with Crippen LogP contribution in [-0.4, -0.2) is 24.9 Å². The summed E-state index contributed by atoms with van der Waals surface area (Å²) in [5.74, 6) is -1.05. The highest BCUT2D eigenvalue weighted by atomic mass is 19.4. The molecule has 0 aliphatic carbocycles. The average molecular weight is 277 g/mol. The van der Waals surface area contributed by atoms with Crippen LogP contribution in [0.5, 0.6) is 5.88 Å². The topological polar surface area (TPSA) is 57.7 Å². The number of methoxy groups -OCH3 is 1. The number of carbonyl (C=O) groups is 1. The molecule has 1 aromatic rings. The van der Waals surface area contributed by atoms with Crippen LogP contribution in [0.15, 0.2) is 30.5 Å². The minimum Gasteiger partial charge on any atom is -0.504 e. The van der Waals surface area contributed by atoms with Gasteiger partial charge in [-0.25, -0.2) is 9.78 Å². The van der Waals surface area contributed by atoms with Crippen molar-refractivity contribution in [3.8, 4) is 5.88 Å². The molecular weight excluding hydrogens is 267 g/mol. The van der Waals surface area contributed by atoms with E-state index >= 15 is 0 Å². The number of hydrogen-bond donors (Lipinski definition) is 0. The van der Waals surface area contributed by atoms with Gasteiger partial charge in [0.25, 0.3) is 0 Å². The lowest BCUT2D eigenvalue weighted by molar-refractivity contribution is -0.146. The van der Waals surface area contributed by atoms with Gasteiger partial charge in [-0.1, -0.05) is 6.07 Å². The molecule has 0 saturated carbocycles. The fourth-order valence-corrected chi connectivity index (χ4v) is 0.973. The highest BCUT2D eigenvalue weighted by molar-refractivity contribution is 5.81. The Balaban J connectivity index is 2.50. The first kappa shape index (κ1) is 14.8. The van der Waals surface area contributed by atoms with Crippen LogP contribution in [0.3, 0.4) is 0 Å². The second-order valence-electron chi connectivity index (χ2n) is 3.12. The summed E-state index contributed by atoms with van der Waals surface area (Å²) < 4.78 is 50.8. The predicted molar refractivity (Wildman–Crippen MR) is 57.0 cm³/mol. The van der Waals surface area contributed by atoms with Crippen LogP contribution in [0.2, 0.25) is 0 Å². The van der Waals surface area contributed by atoms with Crippen molar-refractivity contribution in [2.24, 2.45) is 0 Å². The molecule has 1 rings (SSSR count). The van der Waals surface area contributed by atoms with Crippen molar-refractivity contribution in [2.45, 2.75) is 6.18 Å². The van der Waals surface area contributed by atoms with Gasteiger partial charge in [0.05, 0.1) is 19.4 Å². The molecule has 0 aliphatic rings. The third-order valence-corrected chi connectivity index (χ3v) is 1.76. The Morgan fingerprint density at radius 2 is 2.16 bits per heavy atom. The van der Waals surface area contributed by atoms with E-state index in [4.69, 9.17) is 4.74 Å². The van der Waals surface area contributed by atoms with E-state index in [1.807, 2.05) is 0 Å². The van der Waals surface area contributed by atoms with E-state index in [1.54, 1.807) is 0 Å². The van der Waals surface area contributed by atoms with E-state index in [2.05, 4.69) is 14.5 Å². The quantitative estimate of drug-likeness (QED) is 0.357. The number of carbonyl (C=O) groups excluding carboxylic acids is 1. The van der Waals surface area contributed by atoms with Crippen molar-refractivity contribution in [2.75, 3.05) is 13.9 Å². The van der Waals surface area contributed by atoms with Gasteiger partial charge in [-0.05, 0) is 6.07 Å². The fraction of sp³-hybridized carbons (Fsp3) is 0.273. The van der Waals surface area contributed by atoms with Crippen LogP contribution in [0.1, 0.15) is 5.69 Å². The molecule has 0 atom stereocenters. The van der Waals surface area contributed by atoms with Crippen LogP contribution in [0.4, 0.5) is 13.2 Å². The first-order valence-corrected chi connectivity index (χ1v) is 4.96. The van der Waals surface area contributed by atoms with Gasteiger partial charge in [-0.15, -0.1) is 0 Å². The van der Waals surface area contributed by atoms with Gasteiger partial charge < -0.3 is 14.2 Å². The molecule has 0 spiro atoms. The van der Waals surface area contributed by atoms with E-state index in [-0.39, 0.29) is 5.88 Å². The Labute approximate surface area is 106 Å². The van der Waals surface area contributed by atoms with E-state index in [1.165, 1.54) is 13.2 Å². The van der Waals surface area contributed by atoms with E-state index in [0.717, 1.165) is 24.5 Å². The smallest absolute Gasteiger partial charge is 0.433 e. The van der Waals surface area contributed by atoms with E-state index < -0.39 is 24.6 Å². The summed E-state index contributed by atoms with van der Waals surface area (Å²) in [7, 11) is 1.34. The maximum Gasteiger partial charge on any atom is 0.433 e. The lowest BCUT2D eigenvalue weighted by Gasteiger charge is -2.08. The zero-order valence-electron chi connectivity index (χ0n) is 9.81. The van der Waals surface area contributed by atoms with Crippen molar-refractivity contribution < 1.29 is 32.2 Å². The van der Waals surface area contributed by atoms with Gasteiger partial charge in [0.15, 0.2) is 0 Å². The number of alkyl halides is 3. The highest BCUT2D eigenvalue weighted by Gasteiger charge is 2.32. The third kappa shape index (κ3) is 5.28. The van der Waals surface area contributed by atoms with Crippen molar-refractivity contribution >= 4 is 5.97 Å². The van der Waals surface area contributed by atoms with E-state index in [0.29, 0.717) is 0 Å². The van der Waals surface area contributed by atoms with Gasteiger partial charge in [0.1, 0.15) is 5.69 Å². The number of nitrogens with zero attached hydrogens (tertiary/aromatic N) is 1. The first-order valence-electron chi connectivity index (χ1n) is 4.96. The number of rotatable bonds is 5. The number of pyridine rings is 1. The Morgan fingerprint density at radius 3 is 2.79 bits per heavy atom. The average Bonchev–Trinajstić information content (AvgIpc) is 2.36. The fourth-order valence-electron chi connectivity index (χ4n) is 0.973. The molecule has 104 valence electrons. The van der Waals surface area contributed by atoms with Gasteiger partial charge in [0.2, 0.25) is 12.7 Å². The van der Waals surface area contributed by atoms with Gasteiger partial charge in [-0.3, -0.25) is 0 Å². The molecule has 1 aromatic heterocycles. The standard InChI is InChI=1S/C11H10F3NO4/c1-17-6-5-10(16)19-7-18-9-4-2-3-8(15-9)11(12,13)14/h2-6H,7H2,1H3. The van der Waals surface area contributed by atoms with Crippen LogP contribution < -0.4 is 4.74 Å². The number of hydrogen-bond acceptors (Lipinski definition) is 5. The molecule has 0 aliphatic heterocycles. The third-order valence-electron chi connectivity index (χ3n) is 1.76. The van der Waals surface area contributed by atoms with Crippen molar-refractivity contribution in [3.63, 3.8) is 0 Å². The molecule has 0 amide bonds. The second-order valence-corrected chi connectivity index (χ2v) is 3.12. The van der Waals surface area contributed by atoms with Crippen molar-refractivity contribution in [3.05, 3.63) is 36.2 Å². The molecule has 0 bridgehead atoms. The molecule has 0 unspecified atom stereocenters. The molecule has 19 heavy (non-hydrogen) atoms. The van der Waals surface area contributed by atoms with Crippen molar-refractivity contribution in [1.29, 1.82) is 0 Å². The van der Waals surface area contributed by atoms with Gasteiger partial charge in [0, 0.05) is 6.07 Å². The van der Waals surface area contributed by atoms with Crippen molar-refractivity contribution in [1.82, 2.24) is 4.98 Å². The normalized spacial score (nSPS) is 11.4. The molecule has 0 aromatic carbocycles. The number of aromatic nitrogens is 1. The minimum atomic E-state index is -4.56. The van der Waals surface area contributed by atoms with Crippen LogP contribution >= 0.6 is 0 Å². The molecule has 5 nitrogen and oxygen atoms in total. The Bertz CT molecular complexity index is 459. The summed E-state index contributed by atoms with van der Waals surface area (Å²) in [5.41, 5.74) is -1.09. The number of ether oxygens (including phenoxy) is 3. The molecular formula is C11H10F3NO4. The molecule has 0 fully saturated rings. The number of esters is 1. The maximum absolute atomic E-state index is 12.3. The lowest BCUT2D eigenvalue weighted by atomic mass is 10.3.